The largest absolute Gasteiger partial charge is 0.294 e. The van der Waals surface area contributed by atoms with Crippen LogP contribution in [-0.4, -0.2) is 5.78 Å². The molecule has 0 saturated carbocycles. The quantitative estimate of drug-likeness (QED) is 0.567. The van der Waals surface area contributed by atoms with Gasteiger partial charge in [-0.15, -0.1) is 0 Å². The fourth-order valence-electron chi connectivity index (χ4n) is 1.53. The molecule has 0 aliphatic rings. The van der Waals surface area contributed by atoms with Gasteiger partial charge in [0.1, 0.15) is 0 Å². The smallest absolute Gasteiger partial charge is 0.164 e. The van der Waals surface area contributed by atoms with Gasteiger partial charge in [-0.3, -0.25) is 4.79 Å². The molecular formula is C13H17BrO. The molecule has 1 nitrogen and oxygen atoms in total. The number of aryl methyl sites for hydroxylation is 1. The van der Waals surface area contributed by atoms with Crippen molar-refractivity contribution in [1.29, 1.82) is 0 Å². The van der Waals surface area contributed by atoms with Crippen LogP contribution in [0.4, 0.5) is 0 Å². The molecule has 0 heterocycles. The second-order valence-electron chi connectivity index (χ2n) is 3.82. The van der Waals surface area contributed by atoms with Crippen LogP contribution in [0.3, 0.4) is 0 Å². The average Bonchev–Trinajstić information content (AvgIpc) is 2.22. The first-order valence-electron chi connectivity index (χ1n) is 5.45. The predicted octanol–water partition coefficient (Wildman–Crippen LogP) is 4.52. The third-order valence-electron chi connectivity index (χ3n) is 2.50. The Morgan fingerprint density at radius 1 is 1.33 bits per heavy atom. The maximum absolute atomic E-state index is 11.9. The van der Waals surface area contributed by atoms with Crippen LogP contribution >= 0.6 is 15.9 Å². The number of ketones is 1. The molecule has 0 N–H and O–H groups in total. The maximum Gasteiger partial charge on any atom is 0.164 e. The lowest BCUT2D eigenvalue weighted by Gasteiger charge is -2.05. The normalized spacial score (nSPS) is 10.3. The summed E-state index contributed by atoms with van der Waals surface area (Å²) in [5.74, 6) is 0.249. The van der Waals surface area contributed by atoms with Gasteiger partial charge in [-0.2, -0.15) is 0 Å². The number of Topliss-reactive ketones (excluding diaryl/α,β-unsaturated/α-hetero) is 1. The third kappa shape index (κ3) is 3.45. The molecule has 0 unspecified atom stereocenters. The van der Waals surface area contributed by atoms with Gasteiger partial charge in [0.25, 0.3) is 0 Å². The number of carbonyl (C=O) groups is 1. The van der Waals surface area contributed by atoms with E-state index in [1.807, 2.05) is 25.1 Å². The van der Waals surface area contributed by atoms with Gasteiger partial charge in [0.2, 0.25) is 0 Å². The molecule has 0 aliphatic heterocycles. The number of halogens is 1. The van der Waals surface area contributed by atoms with Crippen molar-refractivity contribution in [3.05, 3.63) is 33.8 Å². The zero-order valence-electron chi connectivity index (χ0n) is 9.35. The molecule has 1 aromatic carbocycles. The van der Waals surface area contributed by atoms with E-state index in [-0.39, 0.29) is 5.78 Å². The highest BCUT2D eigenvalue weighted by atomic mass is 79.9. The molecule has 1 aromatic rings. The zero-order chi connectivity index (χ0) is 11.3. The van der Waals surface area contributed by atoms with Crippen LogP contribution in [0.15, 0.2) is 22.7 Å². The summed E-state index contributed by atoms with van der Waals surface area (Å²) in [6, 6.07) is 5.84. The first-order valence-corrected chi connectivity index (χ1v) is 6.24. The Bertz CT molecular complexity index is 344. The Hall–Kier alpha value is -0.630. The summed E-state index contributed by atoms with van der Waals surface area (Å²) in [7, 11) is 0. The van der Waals surface area contributed by atoms with Gasteiger partial charge in [0.05, 0.1) is 0 Å². The summed E-state index contributed by atoms with van der Waals surface area (Å²) < 4.78 is 0.950. The molecule has 0 amide bonds. The minimum absolute atomic E-state index is 0.249. The molecule has 0 radical (unpaired) electrons. The van der Waals surface area contributed by atoms with Crippen molar-refractivity contribution in [2.24, 2.45) is 0 Å². The van der Waals surface area contributed by atoms with E-state index in [9.17, 15) is 4.79 Å². The van der Waals surface area contributed by atoms with Crippen LogP contribution in [0.1, 0.15) is 48.5 Å². The molecule has 2 heteroatoms. The first-order chi connectivity index (χ1) is 7.16. The van der Waals surface area contributed by atoms with Gasteiger partial charge in [0.15, 0.2) is 5.78 Å². The number of carbonyl (C=O) groups excluding carboxylic acids is 1. The topological polar surface area (TPSA) is 17.1 Å². The minimum atomic E-state index is 0.249. The van der Waals surface area contributed by atoms with Crippen LogP contribution in [0.2, 0.25) is 0 Å². The lowest BCUT2D eigenvalue weighted by Crippen LogP contribution is -2.00. The summed E-state index contributed by atoms with van der Waals surface area (Å²) in [6.07, 6.45) is 3.95. The molecule has 0 fully saturated rings. The summed E-state index contributed by atoms with van der Waals surface area (Å²) in [6.45, 7) is 4.15. The van der Waals surface area contributed by atoms with Crippen molar-refractivity contribution in [2.45, 2.75) is 39.5 Å². The molecule has 0 bridgehead atoms. The second-order valence-corrected chi connectivity index (χ2v) is 4.61. The lowest BCUT2D eigenvalue weighted by atomic mass is 10.0. The van der Waals surface area contributed by atoms with E-state index in [0.29, 0.717) is 6.42 Å². The Kier molecular flexibility index (Phi) is 5.03. The van der Waals surface area contributed by atoms with Gasteiger partial charge in [-0.1, -0.05) is 38.0 Å². The van der Waals surface area contributed by atoms with Gasteiger partial charge in [0, 0.05) is 16.5 Å². The monoisotopic (exact) mass is 268 g/mol. The molecule has 0 atom stereocenters. The predicted molar refractivity (Wildman–Crippen MR) is 67.4 cm³/mol. The van der Waals surface area contributed by atoms with E-state index < -0.39 is 0 Å². The molecular weight excluding hydrogens is 252 g/mol. The Morgan fingerprint density at radius 2 is 2.07 bits per heavy atom. The first kappa shape index (κ1) is 12.4. The highest BCUT2D eigenvalue weighted by Crippen LogP contribution is 2.22. The molecule has 0 saturated heterocycles. The maximum atomic E-state index is 11.9. The van der Waals surface area contributed by atoms with Crippen LogP contribution in [0.5, 0.6) is 0 Å². The van der Waals surface area contributed by atoms with Crippen LogP contribution in [0.25, 0.3) is 0 Å². The van der Waals surface area contributed by atoms with Crippen molar-refractivity contribution >= 4 is 21.7 Å². The van der Waals surface area contributed by atoms with Crippen molar-refractivity contribution in [3.63, 3.8) is 0 Å². The van der Waals surface area contributed by atoms with E-state index >= 15 is 0 Å². The van der Waals surface area contributed by atoms with Crippen molar-refractivity contribution in [3.8, 4) is 0 Å². The van der Waals surface area contributed by atoms with Gasteiger partial charge >= 0.3 is 0 Å². The number of hydrogen-bond donors (Lipinski definition) is 0. The molecule has 1 rings (SSSR count). The van der Waals surface area contributed by atoms with Crippen molar-refractivity contribution in [1.82, 2.24) is 0 Å². The SMILES string of the molecule is CCCCCC(=O)c1cccc(C)c1Br. The van der Waals surface area contributed by atoms with Gasteiger partial charge in [-0.25, -0.2) is 0 Å². The number of unbranched alkanes of at least 4 members (excludes halogenated alkanes) is 2. The zero-order valence-corrected chi connectivity index (χ0v) is 10.9. The van der Waals surface area contributed by atoms with E-state index in [1.165, 1.54) is 0 Å². The molecule has 0 aromatic heterocycles. The molecule has 0 spiro atoms. The average molecular weight is 269 g/mol. The van der Waals surface area contributed by atoms with E-state index in [1.54, 1.807) is 0 Å². The lowest BCUT2D eigenvalue weighted by molar-refractivity contribution is 0.0978. The fourth-order valence-corrected chi connectivity index (χ4v) is 2.02. The van der Waals surface area contributed by atoms with Gasteiger partial charge < -0.3 is 0 Å². The Balaban J connectivity index is 2.69. The molecule has 15 heavy (non-hydrogen) atoms. The van der Waals surface area contributed by atoms with Crippen LogP contribution < -0.4 is 0 Å². The van der Waals surface area contributed by atoms with Crippen molar-refractivity contribution < 1.29 is 4.79 Å². The number of rotatable bonds is 5. The summed E-state index contributed by atoms with van der Waals surface area (Å²) >= 11 is 3.47. The molecule has 82 valence electrons. The number of hydrogen-bond acceptors (Lipinski definition) is 1. The highest BCUT2D eigenvalue weighted by Gasteiger charge is 2.10. The Morgan fingerprint density at radius 3 is 2.73 bits per heavy atom. The number of benzene rings is 1. The second kappa shape index (κ2) is 6.06. The highest BCUT2D eigenvalue weighted by molar-refractivity contribution is 9.10. The van der Waals surface area contributed by atoms with E-state index in [0.717, 1.165) is 34.9 Å². The molecule has 0 aliphatic carbocycles. The van der Waals surface area contributed by atoms with Crippen LogP contribution in [0, 0.1) is 6.92 Å². The minimum Gasteiger partial charge on any atom is -0.294 e. The van der Waals surface area contributed by atoms with E-state index in [4.69, 9.17) is 0 Å². The van der Waals surface area contributed by atoms with Crippen molar-refractivity contribution in [2.75, 3.05) is 0 Å². The summed E-state index contributed by atoms with van der Waals surface area (Å²) in [5.41, 5.74) is 1.95. The standard InChI is InChI=1S/C13H17BrO/c1-3-4-5-9-12(15)11-8-6-7-10(2)13(11)14/h6-8H,3-5,9H2,1-2H3. The summed E-state index contributed by atoms with van der Waals surface area (Å²) in [4.78, 5) is 11.9. The third-order valence-corrected chi connectivity index (χ3v) is 3.55. The fraction of sp³-hybridized carbons (Fsp3) is 0.462. The van der Waals surface area contributed by atoms with Gasteiger partial charge in [-0.05, 0) is 34.8 Å². The van der Waals surface area contributed by atoms with E-state index in [2.05, 4.69) is 22.9 Å². The van der Waals surface area contributed by atoms with Crippen LogP contribution in [-0.2, 0) is 0 Å². The summed E-state index contributed by atoms with van der Waals surface area (Å²) in [5, 5.41) is 0. The Labute approximate surface area is 100 Å².